The minimum atomic E-state index is -0.842. The minimum Gasteiger partial charge on any atom is -0.472 e. The maximum Gasteiger partial charge on any atom is 0.444 e. The Bertz CT molecular complexity index is 1080. The summed E-state index contributed by atoms with van der Waals surface area (Å²) in [5.41, 5.74) is 4.29. The van der Waals surface area contributed by atoms with E-state index in [1.807, 2.05) is 60.7 Å². The van der Waals surface area contributed by atoms with Crippen LogP contribution in [0.4, 0.5) is 9.59 Å². The van der Waals surface area contributed by atoms with Crippen molar-refractivity contribution in [2.75, 3.05) is 6.54 Å². The van der Waals surface area contributed by atoms with Crippen LogP contribution in [0.1, 0.15) is 43.9 Å². The average molecular weight is 510 g/mol. The summed E-state index contributed by atoms with van der Waals surface area (Å²) >= 11 is 0. The number of hydrogen-bond donors (Lipinski definition) is 2. The number of carbonyl (C=O) groups is 2. The van der Waals surface area contributed by atoms with E-state index in [2.05, 4.69) is 5.43 Å². The number of rotatable bonds is 10. The second-order valence-electron chi connectivity index (χ2n) is 9.62. The van der Waals surface area contributed by atoms with E-state index >= 15 is 0 Å². The van der Waals surface area contributed by atoms with Gasteiger partial charge in [0.1, 0.15) is 12.2 Å². The van der Waals surface area contributed by atoms with Crippen LogP contribution in [0.25, 0.3) is 0 Å². The summed E-state index contributed by atoms with van der Waals surface area (Å²) in [6, 6.07) is 20.8. The lowest BCUT2D eigenvalue weighted by molar-refractivity contribution is -0.0957. The van der Waals surface area contributed by atoms with Crippen LogP contribution >= 0.6 is 0 Å². The Labute approximate surface area is 217 Å². The average Bonchev–Trinajstić information content (AvgIpc) is 3.38. The van der Waals surface area contributed by atoms with Crippen molar-refractivity contribution < 1.29 is 28.6 Å². The molecule has 0 saturated heterocycles. The minimum absolute atomic E-state index is 0.0241. The fraction of sp³-hybridized carbons (Fsp3) is 0.357. The number of nitrogens with zero attached hydrogens (tertiary/aromatic N) is 2. The highest BCUT2D eigenvalue weighted by Crippen LogP contribution is 2.16. The molecule has 0 radical (unpaired) electrons. The van der Waals surface area contributed by atoms with Crippen LogP contribution in [0, 0.1) is 0 Å². The van der Waals surface area contributed by atoms with Crippen molar-refractivity contribution in [3.8, 4) is 0 Å². The number of carbonyl (C=O) groups excluding carboxylic acids is 2. The molecule has 3 rings (SSSR count). The number of furan rings is 1. The molecule has 0 spiro atoms. The lowest BCUT2D eigenvalue weighted by Crippen LogP contribution is -2.58. The van der Waals surface area contributed by atoms with Gasteiger partial charge in [-0.2, -0.15) is 5.01 Å². The van der Waals surface area contributed by atoms with Crippen molar-refractivity contribution in [2.24, 2.45) is 0 Å². The number of aliphatic hydroxyl groups excluding tert-OH is 1. The molecule has 0 aliphatic rings. The molecule has 2 aromatic carbocycles. The Kier molecular flexibility index (Phi) is 10.1. The summed E-state index contributed by atoms with van der Waals surface area (Å²) in [5, 5.41) is 13.3. The molecule has 37 heavy (non-hydrogen) atoms. The van der Waals surface area contributed by atoms with Gasteiger partial charge in [0, 0.05) is 18.7 Å². The number of nitrogens with one attached hydrogen (secondary N) is 1. The van der Waals surface area contributed by atoms with Crippen LogP contribution in [0.2, 0.25) is 0 Å². The van der Waals surface area contributed by atoms with E-state index < -0.39 is 23.9 Å². The number of hydrogen-bond acceptors (Lipinski definition) is 7. The highest BCUT2D eigenvalue weighted by atomic mass is 16.6. The molecule has 9 heteroatoms. The van der Waals surface area contributed by atoms with Gasteiger partial charge < -0.3 is 19.0 Å². The van der Waals surface area contributed by atoms with Crippen LogP contribution in [-0.4, -0.2) is 45.7 Å². The van der Waals surface area contributed by atoms with Crippen molar-refractivity contribution in [3.63, 3.8) is 0 Å². The van der Waals surface area contributed by atoms with Crippen LogP contribution in [-0.2, 0) is 29.0 Å². The Hall–Kier alpha value is -3.82. The first-order chi connectivity index (χ1) is 17.7. The molecule has 1 aromatic heterocycles. The van der Waals surface area contributed by atoms with Gasteiger partial charge in [0.15, 0.2) is 0 Å². The quantitative estimate of drug-likeness (QED) is 0.368. The number of ether oxygens (including phenoxy) is 2. The second-order valence-corrected chi connectivity index (χ2v) is 9.62. The molecule has 1 atom stereocenters. The maximum absolute atomic E-state index is 13.2. The number of benzene rings is 2. The van der Waals surface area contributed by atoms with E-state index in [1.54, 1.807) is 26.8 Å². The fourth-order valence-electron chi connectivity index (χ4n) is 3.50. The van der Waals surface area contributed by atoms with E-state index in [1.165, 1.54) is 17.5 Å². The summed E-state index contributed by atoms with van der Waals surface area (Å²) in [4.78, 5) is 25.9. The molecular weight excluding hydrogens is 474 g/mol. The largest absolute Gasteiger partial charge is 0.472 e. The van der Waals surface area contributed by atoms with Crippen LogP contribution in [0.5, 0.6) is 0 Å². The smallest absolute Gasteiger partial charge is 0.444 e. The molecule has 0 fully saturated rings. The van der Waals surface area contributed by atoms with Gasteiger partial charge in [0.2, 0.25) is 0 Å². The first kappa shape index (κ1) is 27.8. The highest BCUT2D eigenvalue weighted by Gasteiger charge is 2.31. The third-order valence-corrected chi connectivity index (χ3v) is 5.23. The number of hydrazine groups is 2. The van der Waals surface area contributed by atoms with E-state index in [9.17, 15) is 14.7 Å². The van der Waals surface area contributed by atoms with Crippen molar-refractivity contribution >= 4 is 12.2 Å². The number of aliphatic hydroxyl groups is 1. The van der Waals surface area contributed by atoms with E-state index in [0.717, 1.165) is 21.8 Å². The second kappa shape index (κ2) is 13.5. The molecule has 198 valence electrons. The lowest BCUT2D eigenvalue weighted by Gasteiger charge is -2.36. The molecule has 2 N–H and O–H groups in total. The van der Waals surface area contributed by atoms with Gasteiger partial charge in [-0.1, -0.05) is 60.7 Å². The summed E-state index contributed by atoms with van der Waals surface area (Å²) in [6.07, 6.45) is 1.68. The van der Waals surface area contributed by atoms with Gasteiger partial charge in [-0.3, -0.25) is 0 Å². The fourth-order valence-corrected chi connectivity index (χ4v) is 3.50. The van der Waals surface area contributed by atoms with E-state index in [0.29, 0.717) is 12.8 Å². The molecule has 0 unspecified atom stereocenters. The molecular formula is C28H35N3O6. The summed E-state index contributed by atoms with van der Waals surface area (Å²) < 4.78 is 16.1. The van der Waals surface area contributed by atoms with Crippen LogP contribution < -0.4 is 5.43 Å². The topological polar surface area (TPSA) is 104 Å². The van der Waals surface area contributed by atoms with Gasteiger partial charge in [-0.25, -0.2) is 15.0 Å². The molecule has 1 heterocycles. The van der Waals surface area contributed by atoms with Crippen molar-refractivity contribution in [3.05, 3.63) is 95.9 Å². The predicted molar refractivity (Wildman–Crippen MR) is 138 cm³/mol. The Morgan fingerprint density at radius 1 is 0.973 bits per heavy atom. The van der Waals surface area contributed by atoms with Crippen molar-refractivity contribution in [1.82, 2.24) is 15.6 Å². The highest BCUT2D eigenvalue weighted by molar-refractivity contribution is 5.73. The molecule has 0 bridgehead atoms. The van der Waals surface area contributed by atoms with Gasteiger partial charge in [-0.15, -0.1) is 5.12 Å². The summed E-state index contributed by atoms with van der Waals surface area (Å²) in [5.74, 6) is 0. The molecule has 0 aliphatic heterocycles. The summed E-state index contributed by atoms with van der Waals surface area (Å²) in [7, 11) is 0. The van der Waals surface area contributed by atoms with Crippen LogP contribution in [0.15, 0.2) is 83.7 Å². The van der Waals surface area contributed by atoms with Crippen molar-refractivity contribution in [2.45, 2.75) is 58.5 Å². The third kappa shape index (κ3) is 9.98. The van der Waals surface area contributed by atoms with Crippen molar-refractivity contribution in [1.29, 1.82) is 0 Å². The van der Waals surface area contributed by atoms with Gasteiger partial charge in [0.25, 0.3) is 0 Å². The Morgan fingerprint density at radius 3 is 2.22 bits per heavy atom. The SMILES string of the molecule is CC(C)(C)OC(=O)N(NC(=O)OCc1ccccc1)N(Cc1ccoc1)C[C@@H](O)CCc1ccccc1. The first-order valence-corrected chi connectivity index (χ1v) is 12.2. The number of amides is 2. The molecule has 9 nitrogen and oxygen atoms in total. The first-order valence-electron chi connectivity index (χ1n) is 12.2. The van der Waals surface area contributed by atoms with Gasteiger partial charge >= 0.3 is 12.2 Å². The number of aryl methyl sites for hydroxylation is 1. The van der Waals surface area contributed by atoms with Gasteiger partial charge in [0.05, 0.1) is 18.6 Å². The lowest BCUT2D eigenvalue weighted by atomic mass is 10.1. The van der Waals surface area contributed by atoms with Gasteiger partial charge in [-0.05, 0) is 50.8 Å². The zero-order chi connectivity index (χ0) is 26.7. The van der Waals surface area contributed by atoms with E-state index in [-0.39, 0.29) is 19.7 Å². The predicted octanol–water partition coefficient (Wildman–Crippen LogP) is 5.07. The zero-order valence-corrected chi connectivity index (χ0v) is 21.5. The maximum atomic E-state index is 13.2. The molecule has 0 saturated carbocycles. The monoisotopic (exact) mass is 509 g/mol. The molecule has 3 aromatic rings. The van der Waals surface area contributed by atoms with Crippen LogP contribution in [0.3, 0.4) is 0 Å². The zero-order valence-electron chi connectivity index (χ0n) is 21.5. The molecule has 2 amide bonds. The Balaban J connectivity index is 1.75. The Morgan fingerprint density at radius 2 is 1.62 bits per heavy atom. The molecule has 0 aliphatic carbocycles. The third-order valence-electron chi connectivity index (χ3n) is 5.23. The normalized spacial score (nSPS) is 12.1. The van der Waals surface area contributed by atoms with E-state index in [4.69, 9.17) is 13.9 Å². The standard InChI is InChI=1S/C28H35N3O6/c1-28(2,3)37-27(34)31(29-26(33)36-21-23-12-8-5-9-13-23)30(18-24-16-17-35-20-24)19-25(32)15-14-22-10-6-4-7-11-22/h4-13,16-17,20,25,32H,14-15,18-19,21H2,1-3H3,(H,29,33)/t25-/m0/s1. The summed E-state index contributed by atoms with van der Waals surface area (Å²) in [6.45, 7) is 5.41.